The first kappa shape index (κ1) is 25.3. The first-order valence-electron chi connectivity index (χ1n) is 10.2. The van der Waals surface area contributed by atoms with Gasteiger partial charge in [0.2, 0.25) is 5.91 Å². The molecule has 0 aromatic heterocycles. The monoisotopic (exact) mass is 460 g/mol. The zero-order valence-corrected chi connectivity index (χ0v) is 20.8. The minimum absolute atomic E-state index is 0.135. The Balaban J connectivity index is 1.97. The van der Waals surface area contributed by atoms with Crippen LogP contribution in [0.15, 0.2) is 0 Å². The molecule has 172 valence electrons. The minimum atomic E-state index is -0.999. The number of carbonyl (C=O) groups is 3. The number of carbonyl (C=O) groups excluding carboxylic acids is 3. The third-order valence-corrected chi connectivity index (χ3v) is 9.69. The van der Waals surface area contributed by atoms with Crippen molar-refractivity contribution in [1.29, 1.82) is 0 Å². The largest absolute Gasteiger partial charge is 0.361 e. The highest BCUT2D eigenvalue weighted by atomic mass is 33.1. The average molecular weight is 461 g/mol. The molecule has 2 heterocycles. The second-order valence-electron chi connectivity index (χ2n) is 10.9. The molecule has 2 fully saturated rings. The Kier molecular flexibility index (Phi) is 7.18. The van der Waals surface area contributed by atoms with Crippen molar-refractivity contribution in [2.24, 2.45) is 10.8 Å². The fourth-order valence-electron chi connectivity index (χ4n) is 4.72. The molecular formula is C20H36N4O4S2. The molecule has 2 aliphatic rings. The molecular weight excluding hydrogens is 424 g/mol. The second-order valence-corrected chi connectivity index (χ2v) is 14.5. The summed E-state index contributed by atoms with van der Waals surface area (Å²) in [6.07, 6.45) is 0.492. The Morgan fingerprint density at radius 1 is 0.767 bits per heavy atom. The molecule has 0 spiro atoms. The van der Waals surface area contributed by atoms with E-state index in [0.29, 0.717) is 0 Å². The van der Waals surface area contributed by atoms with Gasteiger partial charge < -0.3 is 15.7 Å². The molecule has 0 aromatic rings. The summed E-state index contributed by atoms with van der Waals surface area (Å²) in [6, 6.07) is -1.43. The highest BCUT2D eigenvalue weighted by Gasteiger charge is 2.46. The minimum Gasteiger partial charge on any atom is -0.361 e. The smallest absolute Gasteiger partial charge is 0.322 e. The van der Waals surface area contributed by atoms with E-state index in [-0.39, 0.29) is 26.7 Å². The molecule has 0 aromatic carbocycles. The summed E-state index contributed by atoms with van der Waals surface area (Å²) in [6.45, 7) is 16.7. The Bertz CT molecular complexity index is 709. The fraction of sp³-hybridized carbons (Fsp3) is 0.850. The van der Waals surface area contributed by atoms with Crippen LogP contribution in [-0.4, -0.2) is 50.9 Å². The first-order valence-corrected chi connectivity index (χ1v) is 12.3. The van der Waals surface area contributed by atoms with Crippen molar-refractivity contribution in [2.45, 2.75) is 96.2 Å². The van der Waals surface area contributed by atoms with Gasteiger partial charge >= 0.3 is 6.03 Å². The van der Waals surface area contributed by atoms with Gasteiger partial charge in [0.25, 0.3) is 5.91 Å². The molecule has 2 aliphatic heterocycles. The van der Waals surface area contributed by atoms with E-state index in [1.165, 1.54) is 0 Å². The highest BCUT2D eigenvalue weighted by molar-refractivity contribution is 8.77. The SMILES string of the molecule is CC(C)(CC(C)(C)C1NC(=O)NC1=O)SSC(C)(C)CC(C)(C)C1NC(O)NC1=O. The third-order valence-electron chi connectivity index (χ3n) is 5.46. The molecule has 0 bridgehead atoms. The molecule has 3 unspecified atom stereocenters. The van der Waals surface area contributed by atoms with Crippen LogP contribution < -0.4 is 21.3 Å². The van der Waals surface area contributed by atoms with Crippen LogP contribution in [-0.2, 0) is 9.59 Å². The van der Waals surface area contributed by atoms with Crippen LogP contribution in [0.1, 0.15) is 68.2 Å². The van der Waals surface area contributed by atoms with Crippen molar-refractivity contribution < 1.29 is 19.5 Å². The number of urea groups is 1. The first-order chi connectivity index (χ1) is 13.4. The second kappa shape index (κ2) is 8.52. The number of amides is 4. The lowest BCUT2D eigenvalue weighted by atomic mass is 9.77. The van der Waals surface area contributed by atoms with Gasteiger partial charge in [0.1, 0.15) is 6.04 Å². The Hall–Kier alpha value is -0.970. The number of imide groups is 1. The summed E-state index contributed by atoms with van der Waals surface area (Å²) >= 11 is 0. The van der Waals surface area contributed by atoms with E-state index in [1.54, 1.807) is 21.6 Å². The molecule has 4 amide bonds. The lowest BCUT2D eigenvalue weighted by molar-refractivity contribution is -0.124. The fourth-order valence-corrected chi connectivity index (χ4v) is 7.74. The van der Waals surface area contributed by atoms with Crippen LogP contribution in [0.25, 0.3) is 0 Å². The maximum absolute atomic E-state index is 12.2. The van der Waals surface area contributed by atoms with Gasteiger partial charge in [0.05, 0.1) is 6.04 Å². The van der Waals surface area contributed by atoms with Crippen LogP contribution in [0.2, 0.25) is 0 Å². The summed E-state index contributed by atoms with van der Waals surface area (Å²) in [5, 5.41) is 20.1. The number of hydrogen-bond acceptors (Lipinski definition) is 7. The maximum Gasteiger partial charge on any atom is 0.322 e. The van der Waals surface area contributed by atoms with Gasteiger partial charge in [-0.15, -0.1) is 0 Å². The summed E-state index contributed by atoms with van der Waals surface area (Å²) in [4.78, 5) is 35.8. The topological polar surface area (TPSA) is 120 Å². The quantitative estimate of drug-likeness (QED) is 0.265. The number of rotatable bonds is 9. The van der Waals surface area contributed by atoms with E-state index >= 15 is 0 Å². The lowest BCUT2D eigenvalue weighted by Gasteiger charge is -2.40. The van der Waals surface area contributed by atoms with Crippen LogP contribution in [0.3, 0.4) is 0 Å². The van der Waals surface area contributed by atoms with Crippen molar-refractivity contribution in [3.05, 3.63) is 0 Å². The molecule has 10 heteroatoms. The highest BCUT2D eigenvalue weighted by Crippen LogP contribution is 2.52. The van der Waals surface area contributed by atoms with Gasteiger partial charge in [-0.25, -0.2) is 4.79 Å². The Morgan fingerprint density at radius 2 is 1.23 bits per heavy atom. The van der Waals surface area contributed by atoms with Gasteiger partial charge in [-0.05, 0) is 51.4 Å². The summed E-state index contributed by atoms with van der Waals surface area (Å²) in [7, 11) is 3.52. The van der Waals surface area contributed by atoms with Gasteiger partial charge in [-0.1, -0.05) is 49.3 Å². The van der Waals surface area contributed by atoms with Gasteiger partial charge in [0, 0.05) is 9.49 Å². The van der Waals surface area contributed by atoms with Crippen molar-refractivity contribution in [2.75, 3.05) is 0 Å². The van der Waals surface area contributed by atoms with E-state index in [0.717, 1.165) is 12.8 Å². The number of aliphatic hydroxyl groups is 1. The summed E-state index contributed by atoms with van der Waals surface area (Å²) in [5.74, 6) is -0.454. The van der Waals surface area contributed by atoms with E-state index < -0.39 is 29.9 Å². The third kappa shape index (κ3) is 6.27. The van der Waals surface area contributed by atoms with Crippen LogP contribution >= 0.6 is 21.6 Å². The van der Waals surface area contributed by atoms with Crippen molar-refractivity contribution >= 4 is 39.4 Å². The number of nitrogens with one attached hydrogen (secondary N) is 4. The molecule has 2 saturated heterocycles. The predicted molar refractivity (Wildman–Crippen MR) is 122 cm³/mol. The molecule has 0 saturated carbocycles. The van der Waals surface area contributed by atoms with Gasteiger partial charge in [0.15, 0.2) is 6.35 Å². The average Bonchev–Trinajstić information content (AvgIpc) is 3.05. The number of aliphatic hydroxyl groups excluding tert-OH is 1. The van der Waals surface area contributed by atoms with Gasteiger partial charge in [-0.3, -0.25) is 20.2 Å². The Labute approximate surface area is 187 Å². The molecule has 5 N–H and O–H groups in total. The normalized spacial score (nSPS) is 25.9. The maximum atomic E-state index is 12.2. The van der Waals surface area contributed by atoms with Crippen molar-refractivity contribution in [3.8, 4) is 0 Å². The number of hydrogen-bond donors (Lipinski definition) is 5. The molecule has 3 atom stereocenters. The Morgan fingerprint density at radius 3 is 1.60 bits per heavy atom. The van der Waals surface area contributed by atoms with Gasteiger partial charge in [-0.2, -0.15) is 0 Å². The van der Waals surface area contributed by atoms with Crippen LogP contribution in [0.4, 0.5) is 4.79 Å². The standard InChI is InChI=1S/C20H36N4O4S2/c1-17(2,11-13(25)23-15(27)21-11)9-19(5,6)29-30-20(7,8)10-18(3,4)12-14(26)24-16(28)22-12/h11-12,15,21,27H,9-10H2,1-8H3,(H,23,25)(H2,22,24,26,28). The molecule has 0 radical (unpaired) electrons. The van der Waals surface area contributed by atoms with Crippen molar-refractivity contribution in [1.82, 2.24) is 21.3 Å². The van der Waals surface area contributed by atoms with Crippen LogP contribution in [0, 0.1) is 10.8 Å². The van der Waals surface area contributed by atoms with Crippen molar-refractivity contribution in [3.63, 3.8) is 0 Å². The molecule has 2 rings (SSSR count). The zero-order chi connectivity index (χ0) is 23.1. The van der Waals surface area contributed by atoms with E-state index in [9.17, 15) is 19.5 Å². The molecule has 8 nitrogen and oxygen atoms in total. The van der Waals surface area contributed by atoms with E-state index in [2.05, 4.69) is 49.0 Å². The molecule has 0 aliphatic carbocycles. The lowest BCUT2D eigenvalue weighted by Crippen LogP contribution is -2.46. The van der Waals surface area contributed by atoms with E-state index in [1.807, 2.05) is 27.7 Å². The predicted octanol–water partition coefficient (Wildman–Crippen LogP) is 2.33. The summed E-state index contributed by atoms with van der Waals surface area (Å²) in [5.41, 5.74) is -0.757. The zero-order valence-electron chi connectivity index (χ0n) is 19.1. The summed E-state index contributed by atoms with van der Waals surface area (Å²) < 4.78 is -0.285. The van der Waals surface area contributed by atoms with E-state index in [4.69, 9.17) is 0 Å². The molecule has 30 heavy (non-hydrogen) atoms. The van der Waals surface area contributed by atoms with Crippen LogP contribution in [0.5, 0.6) is 0 Å².